The fourth-order valence-electron chi connectivity index (χ4n) is 3.69. The first-order valence-corrected chi connectivity index (χ1v) is 12.6. The van der Waals surface area contributed by atoms with Crippen molar-refractivity contribution in [1.29, 1.82) is 0 Å². The zero-order valence-electron chi connectivity index (χ0n) is 19.4. The minimum Gasteiger partial charge on any atom is -0.481 e. The first-order chi connectivity index (χ1) is 17.2. The van der Waals surface area contributed by atoms with Crippen molar-refractivity contribution in [2.24, 2.45) is 0 Å². The van der Waals surface area contributed by atoms with Crippen molar-refractivity contribution in [1.82, 2.24) is 5.16 Å². The van der Waals surface area contributed by atoms with Gasteiger partial charge in [-0.2, -0.15) is 0 Å². The van der Waals surface area contributed by atoms with Crippen LogP contribution in [-0.2, 0) is 16.0 Å². The van der Waals surface area contributed by atoms with Crippen molar-refractivity contribution in [3.8, 4) is 22.5 Å². The van der Waals surface area contributed by atoms with Crippen molar-refractivity contribution in [2.45, 2.75) is 26.4 Å². The molecule has 7 nitrogen and oxygen atoms in total. The van der Waals surface area contributed by atoms with E-state index in [9.17, 15) is 9.59 Å². The van der Waals surface area contributed by atoms with Crippen LogP contribution in [0.2, 0.25) is 0 Å². The Labute approximate surface area is 224 Å². The van der Waals surface area contributed by atoms with E-state index in [-0.39, 0.29) is 6.42 Å². The number of hydrogen-bond donors (Lipinski definition) is 2. The normalized spacial score (nSPS) is 11.7. The summed E-state index contributed by atoms with van der Waals surface area (Å²) in [5, 5.41) is 15.7. The third-order valence-corrected chi connectivity index (χ3v) is 6.43. The van der Waals surface area contributed by atoms with E-state index < -0.39 is 18.2 Å². The molecule has 1 atom stereocenters. The first-order valence-electron chi connectivity index (χ1n) is 11.0. The van der Waals surface area contributed by atoms with Crippen molar-refractivity contribution >= 4 is 49.6 Å². The second-order valence-corrected chi connectivity index (χ2v) is 10.0. The topological polar surface area (TPSA) is 102 Å². The zero-order valence-corrected chi connectivity index (χ0v) is 22.6. The number of carboxylic acid groups (broad SMARTS) is 1. The third-order valence-electron chi connectivity index (χ3n) is 5.52. The molecule has 4 aromatic rings. The molecule has 36 heavy (non-hydrogen) atoms. The van der Waals surface area contributed by atoms with E-state index in [1.165, 1.54) is 0 Å². The van der Waals surface area contributed by atoms with Crippen LogP contribution in [0.5, 0.6) is 0 Å². The summed E-state index contributed by atoms with van der Waals surface area (Å²) in [5.74, 6) is -0.441. The Balaban J connectivity index is 1.48. The number of hydrogen-bond acceptors (Lipinski definition) is 5. The molecule has 0 fully saturated rings. The number of aryl methyl sites for hydroxylation is 1. The number of halogens is 2. The van der Waals surface area contributed by atoms with Gasteiger partial charge in [0.25, 0.3) is 0 Å². The molecule has 0 radical (unpaired) electrons. The Morgan fingerprint density at radius 2 is 1.53 bits per heavy atom. The van der Waals surface area contributed by atoms with Crippen LogP contribution in [0.25, 0.3) is 22.5 Å². The molecule has 0 bridgehead atoms. The Morgan fingerprint density at radius 1 is 0.972 bits per heavy atom. The maximum Gasteiger partial charge on any atom is 0.412 e. The molecule has 1 amide bonds. The number of nitrogens with zero attached hydrogens (tertiary/aromatic N) is 1. The number of rotatable bonds is 7. The smallest absolute Gasteiger partial charge is 0.412 e. The number of ether oxygens (including phenoxy) is 1. The van der Waals surface area contributed by atoms with Gasteiger partial charge in [0.2, 0.25) is 0 Å². The summed E-state index contributed by atoms with van der Waals surface area (Å²) in [6.45, 7) is 3.53. The van der Waals surface area contributed by atoms with Crippen LogP contribution in [0, 0.1) is 6.92 Å². The molecule has 1 heterocycles. The van der Waals surface area contributed by atoms with Crippen LogP contribution in [0.1, 0.15) is 29.8 Å². The fraction of sp³-hybridized carbons (Fsp3) is 0.148. The number of aromatic nitrogens is 1. The number of amides is 1. The monoisotopic (exact) mass is 612 g/mol. The number of carbonyl (C=O) groups is 2. The van der Waals surface area contributed by atoms with Gasteiger partial charge < -0.3 is 14.4 Å². The lowest BCUT2D eigenvalue weighted by Crippen LogP contribution is -2.16. The summed E-state index contributed by atoms with van der Waals surface area (Å²) in [5.41, 5.74) is 5.19. The largest absolute Gasteiger partial charge is 0.481 e. The second kappa shape index (κ2) is 11.1. The first kappa shape index (κ1) is 25.7. The highest BCUT2D eigenvalue weighted by atomic mass is 79.9. The Bertz CT molecular complexity index is 1380. The van der Waals surface area contributed by atoms with Gasteiger partial charge in [0.05, 0.1) is 6.42 Å². The summed E-state index contributed by atoms with van der Waals surface area (Å²) in [6, 6.07) is 20.7. The molecule has 0 saturated heterocycles. The average molecular weight is 614 g/mol. The molecule has 184 valence electrons. The summed E-state index contributed by atoms with van der Waals surface area (Å²) in [6.07, 6.45) is -1.12. The number of aliphatic carboxylic acids is 1. The number of carboxylic acids is 1. The minimum absolute atomic E-state index is 0.0124. The quantitative estimate of drug-likeness (QED) is 0.221. The van der Waals surface area contributed by atoms with Gasteiger partial charge in [-0.25, -0.2) is 4.79 Å². The van der Waals surface area contributed by atoms with E-state index in [1.807, 2.05) is 54.6 Å². The molecule has 9 heteroatoms. The highest BCUT2D eigenvalue weighted by molar-refractivity contribution is 9.11. The molecule has 0 aliphatic heterocycles. The van der Waals surface area contributed by atoms with Crippen LogP contribution in [0.4, 0.5) is 10.5 Å². The lowest BCUT2D eigenvalue weighted by molar-refractivity contribution is -0.136. The van der Waals surface area contributed by atoms with E-state index in [0.717, 1.165) is 36.8 Å². The summed E-state index contributed by atoms with van der Waals surface area (Å²) < 4.78 is 12.8. The Morgan fingerprint density at radius 3 is 2.11 bits per heavy atom. The minimum atomic E-state index is -0.863. The van der Waals surface area contributed by atoms with Gasteiger partial charge in [0.1, 0.15) is 17.5 Å². The third kappa shape index (κ3) is 6.22. The van der Waals surface area contributed by atoms with Crippen LogP contribution >= 0.6 is 31.9 Å². The number of carbonyl (C=O) groups excluding carboxylic acids is 1. The summed E-state index contributed by atoms with van der Waals surface area (Å²) in [7, 11) is 0. The lowest BCUT2D eigenvalue weighted by Gasteiger charge is -2.15. The second-order valence-electron chi connectivity index (χ2n) is 8.19. The molecule has 0 aliphatic rings. The summed E-state index contributed by atoms with van der Waals surface area (Å²) >= 11 is 6.89. The van der Waals surface area contributed by atoms with Gasteiger partial charge in [-0.05, 0) is 54.3 Å². The molecule has 2 N–H and O–H groups in total. The molecular weight excluding hydrogens is 592 g/mol. The zero-order chi connectivity index (χ0) is 25.8. The number of benzene rings is 3. The van der Waals surface area contributed by atoms with Crippen molar-refractivity contribution < 1.29 is 24.0 Å². The number of nitrogens with one attached hydrogen (secondary N) is 1. The van der Waals surface area contributed by atoms with Crippen molar-refractivity contribution in [3.63, 3.8) is 0 Å². The van der Waals surface area contributed by atoms with Crippen molar-refractivity contribution in [3.05, 3.63) is 92.5 Å². The number of anilines is 1. The standard InChI is InChI=1S/C27H22Br2N2O5/c1-15-25(30-27(34)35-16(2)21-12-22(28)14-23(29)13-21)26(36-31-15)20-9-7-19(8-10-20)18-5-3-17(4-6-18)11-24(32)33/h3-10,12-14,16H,11H2,1-2H3,(H,30,34)(H,32,33)/t16-/m1/s1. The Kier molecular flexibility index (Phi) is 7.91. The van der Waals surface area contributed by atoms with Gasteiger partial charge in [-0.1, -0.05) is 85.5 Å². The molecule has 0 spiro atoms. The molecule has 0 unspecified atom stereocenters. The van der Waals surface area contributed by atoms with Crippen LogP contribution in [-0.4, -0.2) is 22.3 Å². The average Bonchev–Trinajstić information content (AvgIpc) is 3.18. The molecule has 3 aromatic carbocycles. The van der Waals surface area contributed by atoms with Gasteiger partial charge in [0, 0.05) is 14.5 Å². The molecule has 4 rings (SSSR count). The maximum absolute atomic E-state index is 12.7. The van der Waals surface area contributed by atoms with Crippen LogP contribution < -0.4 is 5.32 Å². The van der Waals surface area contributed by atoms with E-state index >= 15 is 0 Å². The highest BCUT2D eigenvalue weighted by Gasteiger charge is 2.20. The van der Waals surface area contributed by atoms with Gasteiger partial charge in [-0.15, -0.1) is 0 Å². The van der Waals surface area contributed by atoms with E-state index in [0.29, 0.717) is 17.1 Å². The summed E-state index contributed by atoms with van der Waals surface area (Å²) in [4.78, 5) is 23.6. The lowest BCUT2D eigenvalue weighted by atomic mass is 10.0. The SMILES string of the molecule is Cc1noc(-c2ccc(-c3ccc(CC(=O)O)cc3)cc2)c1NC(=O)O[C@H](C)c1cc(Br)cc(Br)c1. The molecule has 1 aromatic heterocycles. The molecule has 0 saturated carbocycles. The molecular formula is C27H22Br2N2O5. The van der Waals surface area contributed by atoms with Crippen LogP contribution in [0.15, 0.2) is 80.2 Å². The predicted molar refractivity (Wildman–Crippen MR) is 144 cm³/mol. The van der Waals surface area contributed by atoms with Gasteiger partial charge in [-0.3, -0.25) is 10.1 Å². The predicted octanol–water partition coefficient (Wildman–Crippen LogP) is 7.78. The van der Waals surface area contributed by atoms with Gasteiger partial charge in [0.15, 0.2) is 5.76 Å². The highest BCUT2D eigenvalue weighted by Crippen LogP contribution is 2.33. The Hall–Kier alpha value is -3.43. The molecule has 0 aliphatic carbocycles. The van der Waals surface area contributed by atoms with E-state index in [1.54, 1.807) is 26.0 Å². The van der Waals surface area contributed by atoms with Crippen molar-refractivity contribution in [2.75, 3.05) is 5.32 Å². The van der Waals surface area contributed by atoms with Gasteiger partial charge >= 0.3 is 12.1 Å². The fourth-order valence-corrected chi connectivity index (χ4v) is 5.02. The van der Waals surface area contributed by atoms with E-state index in [4.69, 9.17) is 14.4 Å². The maximum atomic E-state index is 12.7. The van der Waals surface area contributed by atoms with E-state index in [2.05, 4.69) is 42.3 Å². The van der Waals surface area contributed by atoms with Crippen LogP contribution in [0.3, 0.4) is 0 Å².